The van der Waals surface area contributed by atoms with Crippen molar-refractivity contribution in [3.05, 3.63) is 66.0 Å². The third-order valence-electron chi connectivity index (χ3n) is 4.95. The van der Waals surface area contributed by atoms with Gasteiger partial charge in [-0.25, -0.2) is 12.8 Å². The van der Waals surface area contributed by atoms with Crippen LogP contribution in [0.15, 0.2) is 59.5 Å². The van der Waals surface area contributed by atoms with E-state index in [9.17, 15) is 12.8 Å². The van der Waals surface area contributed by atoms with Gasteiger partial charge in [0.15, 0.2) is 9.84 Å². The van der Waals surface area contributed by atoms with Gasteiger partial charge in [-0.1, -0.05) is 30.3 Å². The molecule has 0 amide bonds. The number of nitrogens with two attached hydrogens (primary N) is 1. The van der Waals surface area contributed by atoms with Gasteiger partial charge in [0.1, 0.15) is 5.82 Å². The molecule has 4 nitrogen and oxygen atoms in total. The maximum absolute atomic E-state index is 13.7. The standard InChI is InChI=1S/C19H22FNO3S/c1-2-24-13-19(12-21)17(14-7-6-8-15(20)11-14)18(19)25(22,23)16-9-4-3-5-10-16/h3-11,17-18H,2,12-13,21H2,1H3/t17-,18-,19-/m0/s1. The van der Waals surface area contributed by atoms with Crippen LogP contribution in [-0.2, 0) is 14.6 Å². The molecule has 0 radical (unpaired) electrons. The van der Waals surface area contributed by atoms with Gasteiger partial charge in [-0.3, -0.25) is 0 Å². The van der Waals surface area contributed by atoms with Crippen LogP contribution in [0.2, 0.25) is 0 Å². The van der Waals surface area contributed by atoms with E-state index in [1.165, 1.54) is 12.1 Å². The van der Waals surface area contributed by atoms with E-state index in [0.29, 0.717) is 12.2 Å². The van der Waals surface area contributed by atoms with Crippen molar-refractivity contribution in [2.45, 2.75) is 23.0 Å². The van der Waals surface area contributed by atoms with E-state index in [4.69, 9.17) is 10.5 Å². The molecule has 6 heteroatoms. The highest BCUT2D eigenvalue weighted by molar-refractivity contribution is 7.92. The van der Waals surface area contributed by atoms with E-state index in [0.717, 1.165) is 0 Å². The van der Waals surface area contributed by atoms with Crippen molar-refractivity contribution in [3.63, 3.8) is 0 Å². The summed E-state index contributed by atoms with van der Waals surface area (Å²) in [6, 6.07) is 14.4. The molecule has 1 aliphatic carbocycles. The van der Waals surface area contributed by atoms with E-state index in [-0.39, 0.29) is 29.8 Å². The summed E-state index contributed by atoms with van der Waals surface area (Å²) in [5.41, 5.74) is 5.91. The van der Waals surface area contributed by atoms with E-state index in [1.807, 2.05) is 6.92 Å². The Balaban J connectivity index is 2.06. The topological polar surface area (TPSA) is 69.4 Å². The van der Waals surface area contributed by atoms with Crippen molar-refractivity contribution < 1.29 is 17.5 Å². The van der Waals surface area contributed by atoms with Crippen molar-refractivity contribution in [1.29, 1.82) is 0 Å². The number of hydrogen-bond donors (Lipinski definition) is 1. The second-order valence-corrected chi connectivity index (χ2v) is 8.46. The van der Waals surface area contributed by atoms with Crippen LogP contribution < -0.4 is 5.73 Å². The smallest absolute Gasteiger partial charge is 0.182 e. The summed E-state index contributed by atoms with van der Waals surface area (Å²) in [4.78, 5) is 0.258. The van der Waals surface area contributed by atoms with Gasteiger partial charge in [-0.15, -0.1) is 0 Å². The lowest BCUT2D eigenvalue weighted by Gasteiger charge is -2.16. The van der Waals surface area contributed by atoms with Crippen LogP contribution in [0.4, 0.5) is 4.39 Å². The monoisotopic (exact) mass is 363 g/mol. The Hall–Kier alpha value is -1.76. The van der Waals surface area contributed by atoms with Gasteiger partial charge in [0.25, 0.3) is 0 Å². The van der Waals surface area contributed by atoms with E-state index in [1.54, 1.807) is 42.5 Å². The molecule has 25 heavy (non-hydrogen) atoms. The average molecular weight is 363 g/mol. The molecule has 0 aliphatic heterocycles. The fourth-order valence-corrected chi connectivity index (χ4v) is 6.14. The molecule has 0 unspecified atom stereocenters. The van der Waals surface area contributed by atoms with Gasteiger partial charge >= 0.3 is 0 Å². The fraction of sp³-hybridized carbons (Fsp3) is 0.368. The van der Waals surface area contributed by atoms with Crippen LogP contribution in [-0.4, -0.2) is 33.4 Å². The molecule has 3 atom stereocenters. The zero-order valence-corrected chi connectivity index (χ0v) is 14.9. The highest BCUT2D eigenvalue weighted by atomic mass is 32.2. The molecule has 1 saturated carbocycles. The molecular weight excluding hydrogens is 341 g/mol. The molecule has 0 bridgehead atoms. The molecule has 3 rings (SSSR count). The maximum Gasteiger partial charge on any atom is 0.182 e. The summed E-state index contributed by atoms with van der Waals surface area (Å²) in [7, 11) is -3.61. The Morgan fingerprint density at radius 3 is 2.48 bits per heavy atom. The van der Waals surface area contributed by atoms with Gasteiger partial charge in [0.2, 0.25) is 0 Å². The van der Waals surface area contributed by atoms with Crippen LogP contribution in [0.25, 0.3) is 0 Å². The number of rotatable bonds is 7. The van der Waals surface area contributed by atoms with Gasteiger partial charge < -0.3 is 10.5 Å². The lowest BCUT2D eigenvalue weighted by Crippen LogP contribution is -2.29. The number of hydrogen-bond acceptors (Lipinski definition) is 4. The molecular formula is C19H22FNO3S. The SMILES string of the molecule is CCOC[C@@]1(CN)[C@@H](c2cccc(F)c2)[C@@H]1S(=O)(=O)c1ccccc1. The number of ether oxygens (including phenoxy) is 1. The first-order chi connectivity index (χ1) is 12.0. The van der Waals surface area contributed by atoms with Crippen LogP contribution in [0.3, 0.4) is 0 Å². The van der Waals surface area contributed by atoms with Crippen LogP contribution in [0.1, 0.15) is 18.4 Å². The van der Waals surface area contributed by atoms with Gasteiger partial charge in [-0.2, -0.15) is 0 Å². The molecule has 0 spiro atoms. The third-order valence-corrected chi connectivity index (χ3v) is 7.29. The number of halogens is 1. The molecule has 2 aromatic carbocycles. The second-order valence-electron chi connectivity index (χ2n) is 6.39. The lowest BCUT2D eigenvalue weighted by molar-refractivity contribution is 0.101. The number of sulfone groups is 1. The highest BCUT2D eigenvalue weighted by Crippen LogP contribution is 2.63. The first-order valence-corrected chi connectivity index (χ1v) is 9.84. The van der Waals surface area contributed by atoms with Gasteiger partial charge in [0, 0.05) is 24.5 Å². The Labute approximate surface area is 147 Å². The van der Waals surface area contributed by atoms with Crippen molar-refractivity contribution in [3.8, 4) is 0 Å². The normalized spacial score (nSPS) is 25.7. The minimum absolute atomic E-state index is 0.158. The summed E-state index contributed by atoms with van der Waals surface area (Å²) in [6.45, 7) is 2.71. The average Bonchev–Trinajstić information content (AvgIpc) is 3.31. The summed E-state index contributed by atoms with van der Waals surface area (Å²) >= 11 is 0. The predicted molar refractivity (Wildman–Crippen MR) is 94.5 cm³/mol. The third kappa shape index (κ3) is 3.10. The Kier molecular flexibility index (Phi) is 4.95. The lowest BCUT2D eigenvalue weighted by atomic mass is 10.00. The van der Waals surface area contributed by atoms with Gasteiger partial charge in [-0.05, 0) is 36.8 Å². The summed E-state index contributed by atoms with van der Waals surface area (Å²) in [5, 5.41) is -0.722. The summed E-state index contributed by atoms with van der Waals surface area (Å²) in [5.74, 6) is -0.771. The zero-order valence-electron chi connectivity index (χ0n) is 14.1. The Morgan fingerprint density at radius 1 is 1.16 bits per heavy atom. The molecule has 134 valence electrons. The number of benzene rings is 2. The minimum atomic E-state index is -3.61. The maximum atomic E-state index is 13.7. The molecule has 1 aliphatic rings. The predicted octanol–water partition coefficient (Wildman–Crippen LogP) is 2.75. The summed E-state index contributed by atoms with van der Waals surface area (Å²) in [6.07, 6.45) is 0. The first-order valence-electron chi connectivity index (χ1n) is 8.29. The fourth-order valence-electron chi connectivity index (χ4n) is 3.67. The molecule has 0 aromatic heterocycles. The largest absolute Gasteiger partial charge is 0.381 e. The minimum Gasteiger partial charge on any atom is -0.381 e. The quantitative estimate of drug-likeness (QED) is 0.821. The van der Waals surface area contributed by atoms with E-state index in [2.05, 4.69) is 0 Å². The van der Waals surface area contributed by atoms with Crippen molar-refractivity contribution in [2.75, 3.05) is 19.8 Å². The molecule has 0 heterocycles. The Morgan fingerprint density at radius 2 is 1.88 bits per heavy atom. The van der Waals surface area contributed by atoms with Crippen molar-refractivity contribution in [2.24, 2.45) is 11.1 Å². The Bertz CT molecular complexity index is 841. The van der Waals surface area contributed by atoms with Crippen molar-refractivity contribution in [1.82, 2.24) is 0 Å². The second kappa shape index (κ2) is 6.86. The molecule has 0 saturated heterocycles. The van der Waals surface area contributed by atoms with Crippen LogP contribution >= 0.6 is 0 Å². The van der Waals surface area contributed by atoms with Crippen LogP contribution in [0, 0.1) is 11.2 Å². The molecule has 2 N–H and O–H groups in total. The van der Waals surface area contributed by atoms with Gasteiger partial charge in [0.05, 0.1) is 16.8 Å². The zero-order chi connectivity index (χ0) is 18.1. The summed E-state index contributed by atoms with van der Waals surface area (Å²) < 4.78 is 45.6. The van der Waals surface area contributed by atoms with E-state index < -0.39 is 20.5 Å². The van der Waals surface area contributed by atoms with E-state index >= 15 is 0 Å². The molecule has 2 aromatic rings. The van der Waals surface area contributed by atoms with Crippen LogP contribution in [0.5, 0.6) is 0 Å². The molecule has 1 fully saturated rings. The first kappa shape index (κ1) is 18.0. The van der Waals surface area contributed by atoms with Crippen molar-refractivity contribution >= 4 is 9.84 Å². The highest BCUT2D eigenvalue weighted by Gasteiger charge is 2.70.